The number of para-hydroxylation sites is 1. The minimum atomic E-state index is -0.536. The molecule has 0 saturated heterocycles. The van der Waals surface area contributed by atoms with Crippen molar-refractivity contribution in [3.8, 4) is 5.75 Å². The van der Waals surface area contributed by atoms with E-state index in [1.165, 1.54) is 6.92 Å². The number of carbonyl (C=O) groups is 2. The fourth-order valence-electron chi connectivity index (χ4n) is 2.06. The standard InChI is InChI=1S/C17H26N2O3/c1-12(2)11-22-16-9-7-6-8-15(16)10-19(5)17(21)13(3)18-14(4)20/h6-9,12-13H,10-11H2,1-5H3,(H,18,20). The number of hydrogen-bond acceptors (Lipinski definition) is 3. The summed E-state index contributed by atoms with van der Waals surface area (Å²) in [7, 11) is 1.72. The van der Waals surface area contributed by atoms with Crippen molar-refractivity contribution in [3.05, 3.63) is 29.8 Å². The van der Waals surface area contributed by atoms with Crippen molar-refractivity contribution in [3.63, 3.8) is 0 Å². The van der Waals surface area contributed by atoms with Gasteiger partial charge in [0.25, 0.3) is 0 Å². The van der Waals surface area contributed by atoms with E-state index in [0.717, 1.165) is 11.3 Å². The number of likely N-dealkylation sites (N-methyl/N-ethyl adjacent to an activating group) is 1. The zero-order chi connectivity index (χ0) is 16.7. The van der Waals surface area contributed by atoms with Gasteiger partial charge in [-0.2, -0.15) is 0 Å². The molecule has 0 spiro atoms. The lowest BCUT2D eigenvalue weighted by Gasteiger charge is -2.23. The Morgan fingerprint density at radius 2 is 1.86 bits per heavy atom. The first-order chi connectivity index (χ1) is 10.3. The van der Waals surface area contributed by atoms with E-state index in [2.05, 4.69) is 19.2 Å². The minimum absolute atomic E-state index is 0.131. The molecule has 1 atom stereocenters. The number of ether oxygens (including phenoxy) is 1. The van der Waals surface area contributed by atoms with E-state index in [4.69, 9.17) is 4.74 Å². The molecule has 122 valence electrons. The van der Waals surface area contributed by atoms with Crippen LogP contribution in [0, 0.1) is 5.92 Å². The number of amides is 2. The summed E-state index contributed by atoms with van der Waals surface area (Å²) in [6.07, 6.45) is 0. The smallest absolute Gasteiger partial charge is 0.244 e. The molecule has 5 heteroatoms. The van der Waals surface area contributed by atoms with E-state index in [-0.39, 0.29) is 11.8 Å². The van der Waals surface area contributed by atoms with E-state index >= 15 is 0 Å². The van der Waals surface area contributed by atoms with Gasteiger partial charge in [0.1, 0.15) is 11.8 Å². The summed E-state index contributed by atoms with van der Waals surface area (Å²) in [6, 6.07) is 7.16. The molecule has 0 bridgehead atoms. The van der Waals surface area contributed by atoms with E-state index < -0.39 is 6.04 Å². The Labute approximate surface area is 132 Å². The average Bonchev–Trinajstić information content (AvgIpc) is 2.44. The van der Waals surface area contributed by atoms with Gasteiger partial charge in [-0.05, 0) is 18.9 Å². The number of carbonyl (C=O) groups excluding carboxylic acids is 2. The van der Waals surface area contributed by atoms with Gasteiger partial charge in [0.2, 0.25) is 11.8 Å². The lowest BCUT2D eigenvalue weighted by atomic mass is 10.1. The van der Waals surface area contributed by atoms with Crippen LogP contribution in [0.25, 0.3) is 0 Å². The van der Waals surface area contributed by atoms with Gasteiger partial charge in [-0.3, -0.25) is 9.59 Å². The molecule has 1 N–H and O–H groups in total. The van der Waals surface area contributed by atoms with Crippen molar-refractivity contribution < 1.29 is 14.3 Å². The number of hydrogen-bond donors (Lipinski definition) is 1. The second kappa shape index (κ2) is 8.41. The van der Waals surface area contributed by atoms with Crippen LogP contribution in [0.2, 0.25) is 0 Å². The van der Waals surface area contributed by atoms with Crippen LogP contribution in [0.4, 0.5) is 0 Å². The second-order valence-corrected chi connectivity index (χ2v) is 5.93. The maximum atomic E-state index is 12.2. The minimum Gasteiger partial charge on any atom is -0.493 e. The Balaban J connectivity index is 2.73. The molecule has 22 heavy (non-hydrogen) atoms. The van der Waals surface area contributed by atoms with Gasteiger partial charge in [0, 0.05) is 26.1 Å². The molecule has 1 aromatic carbocycles. The van der Waals surface area contributed by atoms with Crippen LogP contribution in [0.3, 0.4) is 0 Å². The van der Waals surface area contributed by atoms with Gasteiger partial charge in [0.05, 0.1) is 6.61 Å². The average molecular weight is 306 g/mol. The second-order valence-electron chi connectivity index (χ2n) is 5.93. The van der Waals surface area contributed by atoms with Gasteiger partial charge in [-0.1, -0.05) is 32.0 Å². The maximum absolute atomic E-state index is 12.2. The van der Waals surface area contributed by atoms with Crippen molar-refractivity contribution in [1.82, 2.24) is 10.2 Å². The first-order valence-corrected chi connectivity index (χ1v) is 7.54. The van der Waals surface area contributed by atoms with Crippen LogP contribution in [0.15, 0.2) is 24.3 Å². The summed E-state index contributed by atoms with van der Waals surface area (Å²) in [5, 5.41) is 2.60. The van der Waals surface area contributed by atoms with Crippen LogP contribution in [0.5, 0.6) is 5.75 Å². The number of nitrogens with one attached hydrogen (secondary N) is 1. The van der Waals surface area contributed by atoms with Gasteiger partial charge in [-0.25, -0.2) is 0 Å². The van der Waals surface area contributed by atoms with Crippen molar-refractivity contribution in [1.29, 1.82) is 0 Å². The first kappa shape index (κ1) is 18.0. The molecule has 1 aromatic rings. The third kappa shape index (κ3) is 5.76. The molecule has 0 saturated carbocycles. The van der Waals surface area contributed by atoms with Crippen molar-refractivity contribution in [2.24, 2.45) is 5.92 Å². The molecule has 0 aliphatic carbocycles. The monoisotopic (exact) mass is 306 g/mol. The summed E-state index contributed by atoms with van der Waals surface area (Å²) in [5.74, 6) is 0.888. The fourth-order valence-corrected chi connectivity index (χ4v) is 2.06. The lowest BCUT2D eigenvalue weighted by molar-refractivity contribution is -0.134. The van der Waals surface area contributed by atoms with Gasteiger partial charge < -0.3 is 15.0 Å². The van der Waals surface area contributed by atoms with Gasteiger partial charge >= 0.3 is 0 Å². The number of rotatable bonds is 7. The van der Waals surface area contributed by atoms with Crippen LogP contribution < -0.4 is 10.1 Å². The Morgan fingerprint density at radius 1 is 1.23 bits per heavy atom. The molecule has 1 rings (SSSR count). The summed E-state index contributed by atoms with van der Waals surface area (Å²) < 4.78 is 5.80. The third-order valence-corrected chi connectivity index (χ3v) is 3.12. The van der Waals surface area contributed by atoms with Crippen molar-refractivity contribution in [2.75, 3.05) is 13.7 Å². The van der Waals surface area contributed by atoms with E-state index in [9.17, 15) is 9.59 Å². The van der Waals surface area contributed by atoms with Crippen LogP contribution in [0.1, 0.15) is 33.3 Å². The highest BCUT2D eigenvalue weighted by atomic mass is 16.5. The number of benzene rings is 1. The van der Waals surface area contributed by atoms with E-state index in [1.54, 1.807) is 18.9 Å². The van der Waals surface area contributed by atoms with Crippen molar-refractivity contribution >= 4 is 11.8 Å². The Kier molecular flexibility index (Phi) is 6.89. The molecule has 0 fully saturated rings. The quantitative estimate of drug-likeness (QED) is 0.840. The SMILES string of the molecule is CC(=O)NC(C)C(=O)N(C)Cc1ccccc1OCC(C)C. The molecule has 5 nitrogen and oxygen atoms in total. The normalized spacial score (nSPS) is 11.9. The molecular weight excluding hydrogens is 280 g/mol. The zero-order valence-electron chi connectivity index (χ0n) is 14.1. The largest absolute Gasteiger partial charge is 0.493 e. The Hall–Kier alpha value is -2.04. The van der Waals surface area contributed by atoms with E-state index in [1.807, 2.05) is 24.3 Å². The molecular formula is C17H26N2O3. The number of nitrogens with zero attached hydrogens (tertiary/aromatic N) is 1. The summed E-state index contributed by atoms with van der Waals surface area (Å²) in [6.45, 7) is 8.34. The highest BCUT2D eigenvalue weighted by Crippen LogP contribution is 2.20. The van der Waals surface area contributed by atoms with Crippen molar-refractivity contribution in [2.45, 2.75) is 40.3 Å². The molecule has 0 aliphatic rings. The highest BCUT2D eigenvalue weighted by Gasteiger charge is 2.19. The molecule has 2 amide bonds. The topological polar surface area (TPSA) is 58.6 Å². The van der Waals surface area contributed by atoms with Crippen LogP contribution in [-0.2, 0) is 16.1 Å². The van der Waals surface area contributed by atoms with E-state index in [0.29, 0.717) is 19.1 Å². The molecule has 0 radical (unpaired) electrons. The van der Waals surface area contributed by atoms with Crippen LogP contribution in [-0.4, -0.2) is 36.4 Å². The zero-order valence-corrected chi connectivity index (χ0v) is 14.1. The highest BCUT2D eigenvalue weighted by molar-refractivity contribution is 5.86. The van der Waals surface area contributed by atoms with Crippen LogP contribution >= 0.6 is 0 Å². The first-order valence-electron chi connectivity index (χ1n) is 7.54. The molecule has 0 aromatic heterocycles. The Morgan fingerprint density at radius 3 is 2.45 bits per heavy atom. The Bertz CT molecular complexity index is 514. The van der Waals surface area contributed by atoms with Gasteiger partial charge in [0.15, 0.2) is 0 Å². The summed E-state index contributed by atoms with van der Waals surface area (Å²) >= 11 is 0. The maximum Gasteiger partial charge on any atom is 0.244 e. The predicted molar refractivity (Wildman–Crippen MR) is 86.5 cm³/mol. The van der Waals surface area contributed by atoms with Gasteiger partial charge in [-0.15, -0.1) is 0 Å². The third-order valence-electron chi connectivity index (χ3n) is 3.12. The summed E-state index contributed by atoms with van der Waals surface area (Å²) in [5.41, 5.74) is 0.953. The molecule has 1 unspecified atom stereocenters. The molecule has 0 aliphatic heterocycles. The summed E-state index contributed by atoms with van der Waals surface area (Å²) in [4.78, 5) is 24.9. The fraction of sp³-hybridized carbons (Fsp3) is 0.529. The predicted octanol–water partition coefficient (Wildman–Crippen LogP) is 2.20. The lowest BCUT2D eigenvalue weighted by Crippen LogP contribution is -2.44. The molecule has 0 heterocycles.